The monoisotopic (exact) mass is 591 g/mol. The number of carbonyl (C=O) groups is 1. The summed E-state index contributed by atoms with van der Waals surface area (Å²) in [7, 11) is 1.98. The second kappa shape index (κ2) is 15.4. The van der Waals surface area contributed by atoms with E-state index < -0.39 is 23.5 Å². The summed E-state index contributed by atoms with van der Waals surface area (Å²) in [5.41, 5.74) is 7.48. The molecular weight excluding hydrogens is 552 g/mol. The lowest BCUT2D eigenvalue weighted by molar-refractivity contribution is -0.143. The summed E-state index contributed by atoms with van der Waals surface area (Å²) in [5.74, 6) is 5.08. The second-order valence-electron chi connectivity index (χ2n) is 9.91. The van der Waals surface area contributed by atoms with Crippen molar-refractivity contribution in [3.05, 3.63) is 63.7 Å². The number of benzene rings is 2. The topological polar surface area (TPSA) is 97.2 Å². The van der Waals surface area contributed by atoms with Crippen LogP contribution >= 0.6 is 0 Å². The number of anilines is 1. The molecule has 0 saturated heterocycles. The standard InChI is InChI=1S/C24H31F6N5.C4H8O2/c1-15-7-8-16(2)21(17(15)3)34(4)9-5-6-10-35(22(31)33-32)14-18-11-19(23(25,26)27)13-20(12-18)24(28,29)30;1-4(2)6-3-5/h7-8,11-13H,5-6,9-10,14,32H2,1-4H3,(H2,31,33);3-4H,1-2H3. The van der Waals surface area contributed by atoms with Gasteiger partial charge in [-0.3, -0.25) is 4.79 Å². The third-order valence-electron chi connectivity index (χ3n) is 6.26. The maximum absolute atomic E-state index is 13.2. The highest BCUT2D eigenvalue weighted by Crippen LogP contribution is 2.36. The van der Waals surface area contributed by atoms with E-state index >= 15 is 0 Å². The van der Waals surface area contributed by atoms with Gasteiger partial charge in [0.05, 0.1) is 17.2 Å². The quantitative estimate of drug-likeness (QED) is 0.0657. The average Bonchev–Trinajstić information content (AvgIpc) is 2.87. The van der Waals surface area contributed by atoms with Gasteiger partial charge in [-0.2, -0.15) is 26.3 Å². The molecule has 7 nitrogen and oxygen atoms in total. The number of halogens is 6. The van der Waals surface area contributed by atoms with E-state index in [0.717, 1.165) is 11.3 Å². The Morgan fingerprint density at radius 3 is 1.90 bits per heavy atom. The molecule has 4 N–H and O–H groups in total. The fourth-order valence-corrected chi connectivity index (χ4v) is 4.09. The van der Waals surface area contributed by atoms with Crippen molar-refractivity contribution in [1.82, 2.24) is 4.90 Å². The molecule has 0 amide bonds. The average molecular weight is 592 g/mol. The van der Waals surface area contributed by atoms with Crippen LogP contribution in [0.1, 0.15) is 60.1 Å². The van der Waals surface area contributed by atoms with E-state index in [-0.39, 0.29) is 36.8 Å². The molecular formula is C28H39F6N5O2. The van der Waals surface area contributed by atoms with Crippen molar-refractivity contribution < 1.29 is 35.9 Å². The fourth-order valence-electron chi connectivity index (χ4n) is 4.09. The van der Waals surface area contributed by atoms with Crippen molar-refractivity contribution in [2.75, 3.05) is 25.0 Å². The number of ether oxygens (including phenoxy) is 1. The number of rotatable bonds is 10. The molecule has 0 atom stereocenters. The van der Waals surface area contributed by atoms with Gasteiger partial charge < -0.3 is 26.1 Å². The predicted molar refractivity (Wildman–Crippen MR) is 148 cm³/mol. The zero-order valence-electron chi connectivity index (χ0n) is 24.2. The van der Waals surface area contributed by atoms with Crippen molar-refractivity contribution in [3.8, 4) is 0 Å². The molecule has 2 aromatic carbocycles. The third-order valence-corrected chi connectivity index (χ3v) is 6.26. The van der Waals surface area contributed by atoms with Gasteiger partial charge in [-0.25, -0.2) is 0 Å². The number of nitrogens with two attached hydrogens (primary N) is 2. The molecule has 0 bridgehead atoms. The van der Waals surface area contributed by atoms with E-state index in [2.05, 4.69) is 33.8 Å². The minimum atomic E-state index is -4.93. The molecule has 0 aromatic heterocycles. The maximum atomic E-state index is 13.2. The number of hydrazone groups is 1. The number of hydrogen-bond acceptors (Lipinski definition) is 5. The molecule has 2 rings (SSSR count). The minimum absolute atomic E-state index is 0.0301. The molecule has 0 unspecified atom stereocenters. The number of aryl methyl sites for hydroxylation is 2. The first-order valence-electron chi connectivity index (χ1n) is 12.9. The summed E-state index contributed by atoms with van der Waals surface area (Å²) in [6.07, 6.45) is -8.55. The van der Waals surface area contributed by atoms with Gasteiger partial charge in [0.25, 0.3) is 6.47 Å². The maximum Gasteiger partial charge on any atom is 0.416 e. The van der Waals surface area contributed by atoms with Crippen LogP contribution in [-0.2, 0) is 28.4 Å². The van der Waals surface area contributed by atoms with Crippen LogP contribution in [0.3, 0.4) is 0 Å². The Kier molecular flexibility index (Phi) is 13.3. The molecule has 0 aliphatic carbocycles. The molecule has 0 heterocycles. The summed E-state index contributed by atoms with van der Waals surface area (Å²) in [6.45, 7) is 10.8. The van der Waals surface area contributed by atoms with Gasteiger partial charge in [0, 0.05) is 32.4 Å². The molecule has 0 aliphatic heterocycles. The Morgan fingerprint density at radius 2 is 1.46 bits per heavy atom. The number of nitrogens with zero attached hydrogens (tertiary/aromatic N) is 3. The summed E-state index contributed by atoms with van der Waals surface area (Å²) in [6, 6.07) is 5.58. The van der Waals surface area contributed by atoms with Crippen LogP contribution in [0.4, 0.5) is 32.0 Å². The highest BCUT2D eigenvalue weighted by molar-refractivity contribution is 5.77. The SMILES string of the molecule is CC(C)OC=O.Cc1ccc(C)c(N(C)CCCCN(Cc2cc(C(F)(F)F)cc(C(F)(F)F)c2)/C(N)=N/N)c1C. The first-order chi connectivity index (χ1) is 18.9. The van der Waals surface area contributed by atoms with Gasteiger partial charge in [0.1, 0.15) is 0 Å². The lowest BCUT2D eigenvalue weighted by Crippen LogP contribution is -2.38. The normalized spacial score (nSPS) is 12.1. The van der Waals surface area contributed by atoms with Crippen molar-refractivity contribution in [1.29, 1.82) is 0 Å². The molecule has 0 fully saturated rings. The Labute approximate surface area is 237 Å². The molecule has 2 aromatic rings. The molecule has 230 valence electrons. The van der Waals surface area contributed by atoms with Gasteiger partial charge >= 0.3 is 12.4 Å². The number of carbonyl (C=O) groups excluding carboxylic acids is 1. The summed E-state index contributed by atoms with van der Waals surface area (Å²) < 4.78 is 83.5. The lowest BCUT2D eigenvalue weighted by atomic mass is 10.0. The smallest absolute Gasteiger partial charge is 0.416 e. The third kappa shape index (κ3) is 11.4. The van der Waals surface area contributed by atoms with Gasteiger partial charge in [0.15, 0.2) is 0 Å². The van der Waals surface area contributed by atoms with Crippen molar-refractivity contribution in [2.45, 2.75) is 72.5 Å². The van der Waals surface area contributed by atoms with E-state index in [1.807, 2.05) is 20.9 Å². The molecule has 0 aliphatic rings. The first kappa shape index (κ1) is 35.4. The number of guanidine groups is 1. The van der Waals surface area contributed by atoms with E-state index in [4.69, 9.17) is 11.6 Å². The lowest BCUT2D eigenvalue weighted by Gasteiger charge is -2.27. The summed E-state index contributed by atoms with van der Waals surface area (Å²) >= 11 is 0. The van der Waals surface area contributed by atoms with Crippen LogP contribution in [0.15, 0.2) is 35.4 Å². The van der Waals surface area contributed by atoms with E-state index in [0.29, 0.717) is 38.0 Å². The highest BCUT2D eigenvalue weighted by atomic mass is 19.4. The minimum Gasteiger partial charge on any atom is -0.465 e. The number of alkyl halides is 6. The molecule has 0 radical (unpaired) electrons. The largest absolute Gasteiger partial charge is 0.465 e. The van der Waals surface area contributed by atoms with Crippen LogP contribution in [0.25, 0.3) is 0 Å². The molecule has 41 heavy (non-hydrogen) atoms. The predicted octanol–water partition coefficient (Wildman–Crippen LogP) is 6.12. The Balaban J connectivity index is 0.00000126. The number of unbranched alkanes of at least 4 members (excludes halogenated alkanes) is 1. The van der Waals surface area contributed by atoms with Gasteiger partial charge in [-0.15, -0.1) is 5.10 Å². The zero-order chi connectivity index (χ0) is 31.5. The molecule has 13 heteroatoms. The zero-order valence-corrected chi connectivity index (χ0v) is 24.2. The highest BCUT2D eigenvalue weighted by Gasteiger charge is 2.37. The Morgan fingerprint density at radius 1 is 0.951 bits per heavy atom. The van der Waals surface area contributed by atoms with Gasteiger partial charge in [0.2, 0.25) is 5.96 Å². The van der Waals surface area contributed by atoms with Crippen molar-refractivity contribution >= 4 is 18.1 Å². The van der Waals surface area contributed by atoms with Crippen LogP contribution in [0.2, 0.25) is 0 Å². The first-order valence-corrected chi connectivity index (χ1v) is 12.9. The fraction of sp³-hybridized carbons (Fsp3) is 0.500. The Bertz CT molecular complexity index is 1130. The van der Waals surface area contributed by atoms with Crippen molar-refractivity contribution in [3.63, 3.8) is 0 Å². The van der Waals surface area contributed by atoms with Crippen LogP contribution < -0.4 is 16.5 Å². The van der Waals surface area contributed by atoms with E-state index in [1.54, 1.807) is 13.8 Å². The second-order valence-corrected chi connectivity index (χ2v) is 9.91. The Hall–Kier alpha value is -3.64. The molecule has 0 spiro atoms. The van der Waals surface area contributed by atoms with E-state index in [1.165, 1.54) is 16.0 Å². The van der Waals surface area contributed by atoms with E-state index in [9.17, 15) is 31.1 Å². The number of hydrogen-bond donors (Lipinski definition) is 2. The van der Waals surface area contributed by atoms with Crippen LogP contribution in [0.5, 0.6) is 0 Å². The van der Waals surface area contributed by atoms with Crippen LogP contribution in [0, 0.1) is 20.8 Å². The van der Waals surface area contributed by atoms with Crippen LogP contribution in [-0.4, -0.2) is 43.6 Å². The van der Waals surface area contributed by atoms with Crippen molar-refractivity contribution in [2.24, 2.45) is 16.7 Å². The summed E-state index contributed by atoms with van der Waals surface area (Å²) in [4.78, 5) is 12.9. The molecule has 0 saturated carbocycles. The van der Waals surface area contributed by atoms with Gasteiger partial charge in [-0.1, -0.05) is 12.1 Å². The summed E-state index contributed by atoms with van der Waals surface area (Å²) in [5, 5.41) is 3.39. The van der Waals surface area contributed by atoms with Gasteiger partial charge in [-0.05, 0) is 87.9 Å².